The molecule has 20 heavy (non-hydrogen) atoms. The fourth-order valence-electron chi connectivity index (χ4n) is 3.94. The number of nitrogens with one attached hydrogen (secondary N) is 1. The van der Waals surface area contributed by atoms with Crippen molar-refractivity contribution in [2.24, 2.45) is 5.92 Å². The van der Waals surface area contributed by atoms with Gasteiger partial charge in [0.1, 0.15) is 0 Å². The average molecular weight is 337 g/mol. The highest BCUT2D eigenvalue weighted by Crippen LogP contribution is 2.40. The highest BCUT2D eigenvalue weighted by atomic mass is 79.9. The Morgan fingerprint density at radius 3 is 2.95 bits per heavy atom. The first-order valence-electron chi connectivity index (χ1n) is 8.05. The number of halogens is 1. The lowest BCUT2D eigenvalue weighted by Gasteiger charge is -2.34. The van der Waals surface area contributed by atoms with Crippen molar-refractivity contribution >= 4 is 21.6 Å². The molecule has 1 N–H and O–H groups in total. The van der Waals surface area contributed by atoms with Crippen molar-refractivity contribution in [3.05, 3.63) is 28.2 Å². The minimum atomic E-state index is 0.797. The van der Waals surface area contributed by atoms with Crippen molar-refractivity contribution in [3.63, 3.8) is 0 Å². The largest absolute Gasteiger partial charge is 0.368 e. The first-order chi connectivity index (χ1) is 9.79. The van der Waals surface area contributed by atoms with E-state index in [9.17, 15) is 0 Å². The SMILES string of the molecule is CCNCc1cc(Br)ccc1N1CCC2CCCCC21. The smallest absolute Gasteiger partial charge is 0.0415 e. The fraction of sp³-hybridized carbons (Fsp3) is 0.647. The van der Waals surface area contributed by atoms with Crippen molar-refractivity contribution in [2.75, 3.05) is 18.0 Å². The van der Waals surface area contributed by atoms with Gasteiger partial charge in [-0.15, -0.1) is 0 Å². The molecule has 1 aromatic carbocycles. The summed E-state index contributed by atoms with van der Waals surface area (Å²) in [6.07, 6.45) is 7.08. The number of rotatable bonds is 4. The van der Waals surface area contributed by atoms with Gasteiger partial charge in [0.15, 0.2) is 0 Å². The third-order valence-electron chi connectivity index (χ3n) is 4.93. The Morgan fingerprint density at radius 2 is 2.10 bits per heavy atom. The third-order valence-corrected chi connectivity index (χ3v) is 5.42. The third kappa shape index (κ3) is 2.89. The van der Waals surface area contributed by atoms with Crippen LogP contribution in [0.1, 0.15) is 44.6 Å². The molecule has 0 radical (unpaired) electrons. The summed E-state index contributed by atoms with van der Waals surface area (Å²) in [5, 5.41) is 3.48. The Kier molecular flexibility index (Phi) is 4.67. The average Bonchev–Trinajstić information content (AvgIpc) is 2.89. The number of anilines is 1. The molecule has 2 unspecified atom stereocenters. The van der Waals surface area contributed by atoms with Crippen LogP contribution in [0.5, 0.6) is 0 Å². The van der Waals surface area contributed by atoms with Crippen molar-refractivity contribution < 1.29 is 0 Å². The fourth-order valence-corrected chi connectivity index (χ4v) is 4.35. The van der Waals surface area contributed by atoms with Gasteiger partial charge in [0.25, 0.3) is 0 Å². The molecule has 2 nitrogen and oxygen atoms in total. The van der Waals surface area contributed by atoms with Crippen molar-refractivity contribution in [1.82, 2.24) is 5.32 Å². The quantitative estimate of drug-likeness (QED) is 0.880. The number of nitrogens with zero attached hydrogens (tertiary/aromatic N) is 1. The summed E-state index contributed by atoms with van der Waals surface area (Å²) >= 11 is 3.62. The maximum absolute atomic E-state index is 3.62. The van der Waals surface area contributed by atoms with E-state index in [0.29, 0.717) is 0 Å². The topological polar surface area (TPSA) is 15.3 Å². The van der Waals surface area contributed by atoms with Crippen LogP contribution in [-0.4, -0.2) is 19.1 Å². The van der Waals surface area contributed by atoms with Gasteiger partial charge in [-0.05, 0) is 55.5 Å². The van der Waals surface area contributed by atoms with E-state index in [-0.39, 0.29) is 0 Å². The van der Waals surface area contributed by atoms with E-state index in [1.54, 1.807) is 0 Å². The molecular weight excluding hydrogens is 312 g/mol. The van der Waals surface area contributed by atoms with Crippen LogP contribution in [0, 0.1) is 5.92 Å². The first kappa shape index (κ1) is 14.4. The normalized spacial score (nSPS) is 25.8. The Balaban J connectivity index is 1.85. The van der Waals surface area contributed by atoms with Crippen LogP contribution in [0.4, 0.5) is 5.69 Å². The predicted octanol–water partition coefficient (Wildman–Crippen LogP) is 4.33. The molecule has 1 aliphatic heterocycles. The Morgan fingerprint density at radius 1 is 1.25 bits per heavy atom. The number of benzene rings is 1. The van der Waals surface area contributed by atoms with Gasteiger partial charge in [0.05, 0.1) is 0 Å². The number of hydrogen-bond acceptors (Lipinski definition) is 2. The monoisotopic (exact) mass is 336 g/mol. The van der Waals surface area contributed by atoms with E-state index < -0.39 is 0 Å². The molecule has 1 aromatic rings. The molecule has 110 valence electrons. The molecule has 0 amide bonds. The van der Waals surface area contributed by atoms with Gasteiger partial charge < -0.3 is 10.2 Å². The Hall–Kier alpha value is -0.540. The maximum atomic E-state index is 3.62. The van der Waals surface area contributed by atoms with Crippen molar-refractivity contribution in [3.8, 4) is 0 Å². The second-order valence-corrected chi connectivity index (χ2v) is 7.06. The molecule has 1 aliphatic carbocycles. The van der Waals surface area contributed by atoms with Crippen LogP contribution < -0.4 is 10.2 Å². The molecule has 1 saturated carbocycles. The minimum Gasteiger partial charge on any atom is -0.368 e. The van der Waals surface area contributed by atoms with E-state index in [1.807, 2.05) is 0 Å². The van der Waals surface area contributed by atoms with Crippen LogP contribution in [-0.2, 0) is 6.54 Å². The molecule has 0 spiro atoms. The standard InChI is InChI=1S/C17H25BrN2/c1-2-19-12-14-11-15(18)7-8-17(14)20-10-9-13-5-3-4-6-16(13)20/h7-8,11,13,16,19H,2-6,9-10,12H2,1H3. The molecule has 1 heterocycles. The van der Waals surface area contributed by atoms with Gasteiger partial charge in [-0.2, -0.15) is 0 Å². The van der Waals surface area contributed by atoms with Crippen LogP contribution in [0.2, 0.25) is 0 Å². The number of hydrogen-bond donors (Lipinski definition) is 1. The summed E-state index contributed by atoms with van der Waals surface area (Å²) in [5.41, 5.74) is 2.90. The lowest BCUT2D eigenvalue weighted by atomic mass is 9.85. The van der Waals surface area contributed by atoms with Gasteiger partial charge in [-0.25, -0.2) is 0 Å². The maximum Gasteiger partial charge on any atom is 0.0415 e. The molecule has 0 bridgehead atoms. The minimum absolute atomic E-state index is 0.797. The van der Waals surface area contributed by atoms with Gasteiger partial charge in [0, 0.05) is 29.3 Å². The van der Waals surface area contributed by atoms with Crippen molar-refractivity contribution in [1.29, 1.82) is 0 Å². The van der Waals surface area contributed by atoms with E-state index in [4.69, 9.17) is 0 Å². The summed E-state index contributed by atoms with van der Waals surface area (Å²) in [7, 11) is 0. The summed E-state index contributed by atoms with van der Waals surface area (Å²) in [6, 6.07) is 7.59. The predicted molar refractivity (Wildman–Crippen MR) is 89.2 cm³/mol. The number of fused-ring (bicyclic) bond motifs is 1. The van der Waals surface area contributed by atoms with E-state index in [2.05, 4.69) is 51.3 Å². The van der Waals surface area contributed by atoms with Gasteiger partial charge >= 0.3 is 0 Å². The lowest BCUT2D eigenvalue weighted by Crippen LogP contribution is -2.35. The van der Waals surface area contributed by atoms with E-state index in [0.717, 1.165) is 25.0 Å². The molecule has 3 rings (SSSR count). The first-order valence-corrected chi connectivity index (χ1v) is 8.84. The zero-order valence-corrected chi connectivity index (χ0v) is 14.0. The highest BCUT2D eigenvalue weighted by Gasteiger charge is 2.36. The van der Waals surface area contributed by atoms with Crippen LogP contribution >= 0.6 is 15.9 Å². The van der Waals surface area contributed by atoms with Gasteiger partial charge in [-0.1, -0.05) is 35.7 Å². The van der Waals surface area contributed by atoms with Crippen LogP contribution in [0.25, 0.3) is 0 Å². The van der Waals surface area contributed by atoms with Crippen molar-refractivity contribution in [2.45, 2.75) is 51.6 Å². The molecule has 2 fully saturated rings. The molecular formula is C17H25BrN2. The Labute approximate surface area is 131 Å². The summed E-state index contributed by atoms with van der Waals surface area (Å²) in [5.74, 6) is 0.944. The highest BCUT2D eigenvalue weighted by molar-refractivity contribution is 9.10. The second-order valence-electron chi connectivity index (χ2n) is 6.15. The zero-order valence-electron chi connectivity index (χ0n) is 12.4. The molecule has 1 saturated heterocycles. The van der Waals surface area contributed by atoms with Crippen LogP contribution in [0.3, 0.4) is 0 Å². The molecule has 2 aliphatic rings. The van der Waals surface area contributed by atoms with E-state index in [1.165, 1.54) is 54.4 Å². The lowest BCUT2D eigenvalue weighted by molar-refractivity contribution is 0.342. The summed E-state index contributed by atoms with van der Waals surface area (Å²) in [6.45, 7) is 5.41. The van der Waals surface area contributed by atoms with Crippen LogP contribution in [0.15, 0.2) is 22.7 Å². The Bertz CT molecular complexity index is 460. The molecule has 0 aromatic heterocycles. The van der Waals surface area contributed by atoms with E-state index >= 15 is 0 Å². The second kappa shape index (κ2) is 6.48. The molecule has 3 heteroatoms. The summed E-state index contributed by atoms with van der Waals surface area (Å²) in [4.78, 5) is 2.70. The summed E-state index contributed by atoms with van der Waals surface area (Å²) < 4.78 is 1.19. The zero-order chi connectivity index (χ0) is 13.9. The van der Waals surface area contributed by atoms with Gasteiger partial charge in [0.2, 0.25) is 0 Å². The van der Waals surface area contributed by atoms with Gasteiger partial charge in [-0.3, -0.25) is 0 Å². The molecule has 2 atom stereocenters.